The second-order valence-corrected chi connectivity index (χ2v) is 4.47. The van der Waals surface area contributed by atoms with E-state index in [1.54, 1.807) is 0 Å². The van der Waals surface area contributed by atoms with Crippen molar-refractivity contribution in [3.63, 3.8) is 0 Å². The van der Waals surface area contributed by atoms with Crippen LogP contribution in [0.2, 0.25) is 0 Å². The van der Waals surface area contributed by atoms with Gasteiger partial charge in [-0.15, -0.1) is 0 Å². The summed E-state index contributed by atoms with van der Waals surface area (Å²) in [5.74, 6) is 3.25. The van der Waals surface area contributed by atoms with Crippen molar-refractivity contribution in [1.82, 2.24) is 0 Å². The second-order valence-electron chi connectivity index (χ2n) is 4.47. The molecule has 0 N–H and O–H groups in total. The van der Waals surface area contributed by atoms with Gasteiger partial charge in [-0.2, -0.15) is 0 Å². The fraction of sp³-hybridized carbons (Fsp3) is 1.00. The molecule has 0 nitrogen and oxygen atoms in total. The van der Waals surface area contributed by atoms with Gasteiger partial charge in [0.05, 0.1) is 0 Å². The van der Waals surface area contributed by atoms with Crippen LogP contribution < -0.4 is 0 Å². The Morgan fingerprint density at radius 1 is 1.22 bits per heavy atom. The number of rotatable bonds is 1. The molecule has 0 aromatic rings. The minimum atomic E-state index is 0.709. The van der Waals surface area contributed by atoms with E-state index < -0.39 is 0 Å². The van der Waals surface area contributed by atoms with Gasteiger partial charge in [0.1, 0.15) is 0 Å². The van der Waals surface area contributed by atoms with Crippen LogP contribution in [0.4, 0.5) is 0 Å². The quantitative estimate of drug-likeness (QED) is 0.504. The molecule has 0 amide bonds. The van der Waals surface area contributed by atoms with Crippen molar-refractivity contribution in [3.8, 4) is 0 Å². The van der Waals surface area contributed by atoms with Crippen LogP contribution in [0.25, 0.3) is 0 Å². The first-order valence-electron chi connectivity index (χ1n) is 4.14. The maximum absolute atomic E-state index is 2.42. The molecule has 2 saturated carbocycles. The maximum atomic E-state index is 2.42. The summed E-state index contributed by atoms with van der Waals surface area (Å²) in [5.41, 5.74) is 0.709. The molecule has 0 radical (unpaired) electrons. The Bertz CT molecular complexity index is 131. The second kappa shape index (κ2) is 1.36. The number of hydrogen-bond acceptors (Lipinski definition) is 0. The molecule has 2 aliphatic carbocycles. The lowest BCUT2D eigenvalue weighted by atomic mass is 10.1. The summed E-state index contributed by atoms with van der Waals surface area (Å²) in [6, 6.07) is 0. The van der Waals surface area contributed by atoms with Crippen molar-refractivity contribution >= 4 is 0 Å². The summed E-state index contributed by atoms with van der Waals surface area (Å²) in [4.78, 5) is 0. The molecule has 0 aromatic carbocycles. The Morgan fingerprint density at radius 2 is 1.67 bits per heavy atom. The van der Waals surface area contributed by atoms with Gasteiger partial charge in [0, 0.05) is 0 Å². The lowest BCUT2D eigenvalue weighted by molar-refractivity contribution is 0.514. The molecule has 0 heterocycles. The molecule has 2 unspecified atom stereocenters. The number of hydrogen-bond donors (Lipinski definition) is 0. The third-order valence-electron chi connectivity index (χ3n) is 3.59. The SMILES string of the molecule is CC1C(C2CC2)C1(C)C. The Labute approximate surface area is 57.6 Å². The van der Waals surface area contributed by atoms with E-state index in [0.29, 0.717) is 5.41 Å². The van der Waals surface area contributed by atoms with Crippen LogP contribution in [0.1, 0.15) is 33.6 Å². The highest BCUT2D eigenvalue weighted by atomic mass is 14.6. The molecule has 9 heavy (non-hydrogen) atoms. The molecule has 0 heteroatoms. The predicted octanol–water partition coefficient (Wildman–Crippen LogP) is 2.69. The van der Waals surface area contributed by atoms with Crippen molar-refractivity contribution in [3.05, 3.63) is 0 Å². The largest absolute Gasteiger partial charge is 0.0617 e. The lowest BCUT2D eigenvalue weighted by Gasteiger charge is -1.97. The van der Waals surface area contributed by atoms with Crippen LogP contribution in [0.5, 0.6) is 0 Å². The molecular formula is C9H16. The molecule has 2 fully saturated rings. The molecule has 2 atom stereocenters. The third-order valence-corrected chi connectivity index (χ3v) is 3.59. The average Bonchev–Trinajstić information content (AvgIpc) is 2.54. The van der Waals surface area contributed by atoms with Crippen molar-refractivity contribution in [2.24, 2.45) is 23.2 Å². The highest BCUT2D eigenvalue weighted by molar-refractivity contribution is 5.08. The molecule has 0 spiro atoms. The molecule has 2 rings (SSSR count). The summed E-state index contributed by atoms with van der Waals surface area (Å²) in [5, 5.41) is 0. The Balaban J connectivity index is 2.03. The zero-order chi connectivity index (χ0) is 6.65. The molecule has 0 bridgehead atoms. The van der Waals surface area contributed by atoms with Crippen LogP contribution in [0.3, 0.4) is 0 Å². The van der Waals surface area contributed by atoms with Crippen LogP contribution in [0.15, 0.2) is 0 Å². The van der Waals surface area contributed by atoms with E-state index in [1.165, 1.54) is 12.8 Å². The Morgan fingerprint density at radius 3 is 1.78 bits per heavy atom. The minimum Gasteiger partial charge on any atom is -0.0617 e. The topological polar surface area (TPSA) is 0 Å². The van der Waals surface area contributed by atoms with E-state index in [2.05, 4.69) is 20.8 Å². The fourth-order valence-electron chi connectivity index (χ4n) is 2.41. The first kappa shape index (κ1) is 5.76. The van der Waals surface area contributed by atoms with Gasteiger partial charge in [-0.05, 0) is 36.0 Å². The van der Waals surface area contributed by atoms with E-state index in [-0.39, 0.29) is 0 Å². The van der Waals surface area contributed by atoms with E-state index in [9.17, 15) is 0 Å². The van der Waals surface area contributed by atoms with Crippen LogP contribution >= 0.6 is 0 Å². The van der Waals surface area contributed by atoms with Gasteiger partial charge in [0.15, 0.2) is 0 Å². The summed E-state index contributed by atoms with van der Waals surface area (Å²) in [7, 11) is 0. The summed E-state index contributed by atoms with van der Waals surface area (Å²) in [6.45, 7) is 7.24. The molecule has 0 aromatic heterocycles. The van der Waals surface area contributed by atoms with Gasteiger partial charge in [-0.3, -0.25) is 0 Å². The molecule has 0 aliphatic heterocycles. The normalized spacial score (nSPS) is 47.0. The van der Waals surface area contributed by atoms with Crippen molar-refractivity contribution in [2.45, 2.75) is 33.6 Å². The highest BCUT2D eigenvalue weighted by Gasteiger charge is 2.60. The zero-order valence-corrected chi connectivity index (χ0v) is 6.65. The van der Waals surface area contributed by atoms with Crippen LogP contribution in [-0.2, 0) is 0 Å². The third kappa shape index (κ3) is 0.653. The van der Waals surface area contributed by atoms with Gasteiger partial charge in [-0.25, -0.2) is 0 Å². The van der Waals surface area contributed by atoms with Gasteiger partial charge < -0.3 is 0 Å². The molecular weight excluding hydrogens is 108 g/mol. The highest BCUT2D eigenvalue weighted by Crippen LogP contribution is 2.66. The van der Waals surface area contributed by atoms with Gasteiger partial charge in [0.2, 0.25) is 0 Å². The standard InChI is InChI=1S/C9H16/c1-6-8(7-4-5-7)9(6,2)3/h6-8H,4-5H2,1-3H3. The lowest BCUT2D eigenvalue weighted by Crippen LogP contribution is -1.90. The van der Waals surface area contributed by atoms with Gasteiger partial charge >= 0.3 is 0 Å². The molecule has 52 valence electrons. The Hall–Kier alpha value is 0. The van der Waals surface area contributed by atoms with Crippen molar-refractivity contribution < 1.29 is 0 Å². The molecule has 2 aliphatic rings. The first-order chi connectivity index (χ1) is 4.14. The summed E-state index contributed by atoms with van der Waals surface area (Å²) in [6.07, 6.45) is 3.05. The maximum Gasteiger partial charge on any atom is -0.0292 e. The van der Waals surface area contributed by atoms with Crippen molar-refractivity contribution in [1.29, 1.82) is 0 Å². The van der Waals surface area contributed by atoms with E-state index in [1.807, 2.05) is 0 Å². The minimum absolute atomic E-state index is 0.709. The van der Waals surface area contributed by atoms with E-state index >= 15 is 0 Å². The van der Waals surface area contributed by atoms with E-state index in [0.717, 1.165) is 17.8 Å². The van der Waals surface area contributed by atoms with Crippen LogP contribution in [0, 0.1) is 23.2 Å². The van der Waals surface area contributed by atoms with Gasteiger partial charge in [0.25, 0.3) is 0 Å². The first-order valence-corrected chi connectivity index (χ1v) is 4.14. The van der Waals surface area contributed by atoms with Gasteiger partial charge in [-0.1, -0.05) is 20.8 Å². The average molecular weight is 124 g/mol. The molecule has 0 saturated heterocycles. The monoisotopic (exact) mass is 124 g/mol. The zero-order valence-electron chi connectivity index (χ0n) is 6.65. The van der Waals surface area contributed by atoms with Crippen LogP contribution in [-0.4, -0.2) is 0 Å². The summed E-state index contributed by atoms with van der Waals surface area (Å²) < 4.78 is 0. The Kier molecular flexibility index (Phi) is 0.868. The van der Waals surface area contributed by atoms with E-state index in [4.69, 9.17) is 0 Å². The predicted molar refractivity (Wildman–Crippen MR) is 39.2 cm³/mol. The smallest absolute Gasteiger partial charge is 0.0292 e. The fourth-order valence-corrected chi connectivity index (χ4v) is 2.41. The van der Waals surface area contributed by atoms with Crippen molar-refractivity contribution in [2.75, 3.05) is 0 Å². The summed E-state index contributed by atoms with van der Waals surface area (Å²) >= 11 is 0.